The van der Waals surface area contributed by atoms with Gasteiger partial charge in [0.05, 0.1) is 0 Å². The van der Waals surface area contributed by atoms with E-state index in [2.05, 4.69) is 72.0 Å². The van der Waals surface area contributed by atoms with Gasteiger partial charge in [-0.1, -0.05) is 110 Å². The Morgan fingerprint density at radius 1 is 0.483 bits per heavy atom. The van der Waals surface area contributed by atoms with Crippen LogP contribution in [-0.4, -0.2) is 8.41 Å². The van der Waals surface area contributed by atoms with Crippen LogP contribution in [-0.2, 0) is 12.8 Å². The first-order valence-corrected chi connectivity index (χ1v) is 10.3. The number of benzene rings is 3. The number of anilines is 2. The zero-order valence-corrected chi connectivity index (χ0v) is 18.6. The average Bonchev–Trinajstić information content (AvgIpc) is 2.79. The maximum absolute atomic E-state index is 3.40. The lowest BCUT2D eigenvalue weighted by molar-refractivity contribution is 0.960. The van der Waals surface area contributed by atoms with E-state index in [0.29, 0.717) is 0 Å². The van der Waals surface area contributed by atoms with E-state index in [4.69, 9.17) is 0 Å². The van der Waals surface area contributed by atoms with Crippen LogP contribution in [0.15, 0.2) is 84.9 Å². The van der Waals surface area contributed by atoms with E-state index in [1.807, 2.05) is 59.7 Å². The fraction of sp³-hybridized carbons (Fsp3) is 0.333. The summed E-state index contributed by atoms with van der Waals surface area (Å²) in [4.78, 5) is 0. The van der Waals surface area contributed by atoms with E-state index in [1.165, 1.54) is 11.1 Å². The van der Waals surface area contributed by atoms with Gasteiger partial charge >= 0.3 is 0 Å². The number of hydrogen-bond donors (Lipinski definition) is 1. The molecule has 3 rings (SSSR count). The molecule has 0 spiro atoms. The molecule has 0 amide bonds. The number of rotatable bonds is 5. The summed E-state index contributed by atoms with van der Waals surface area (Å²) in [5.41, 5.74) is 5.01. The summed E-state index contributed by atoms with van der Waals surface area (Å²) in [6.07, 6.45) is 2.17. The molecule has 3 aromatic carbocycles. The van der Waals surface area contributed by atoms with E-state index in [1.54, 1.807) is 0 Å². The van der Waals surface area contributed by atoms with Crippen LogP contribution in [0.3, 0.4) is 0 Å². The molecule has 1 N–H and O–H groups in total. The smallest absolute Gasteiger partial charge is 0.0384 e. The van der Waals surface area contributed by atoms with Crippen LogP contribution >= 0.6 is 0 Å². The van der Waals surface area contributed by atoms with Crippen molar-refractivity contribution in [3.63, 3.8) is 0 Å². The van der Waals surface area contributed by atoms with Gasteiger partial charge in [0.25, 0.3) is 0 Å². The molecular formula is C27H41BN. The molecule has 157 valence electrons. The first-order valence-electron chi connectivity index (χ1n) is 10.3. The van der Waals surface area contributed by atoms with Crippen molar-refractivity contribution in [1.29, 1.82) is 0 Å². The molecule has 0 aliphatic carbocycles. The molecule has 0 fully saturated rings. The normalized spacial score (nSPS) is 8.07. The zero-order valence-electron chi connectivity index (χ0n) is 18.6. The highest BCUT2D eigenvalue weighted by Crippen LogP contribution is 2.17. The van der Waals surface area contributed by atoms with E-state index in [-0.39, 0.29) is 15.8 Å². The third-order valence-corrected chi connectivity index (χ3v) is 3.56. The van der Waals surface area contributed by atoms with Crippen molar-refractivity contribution in [2.45, 2.75) is 61.8 Å². The Morgan fingerprint density at radius 3 is 1.28 bits per heavy atom. The third-order valence-electron chi connectivity index (χ3n) is 3.56. The second kappa shape index (κ2) is 21.8. The van der Waals surface area contributed by atoms with Crippen LogP contribution in [0.5, 0.6) is 0 Å². The molecule has 0 saturated carbocycles. The summed E-state index contributed by atoms with van der Waals surface area (Å²) < 4.78 is 0. The first kappa shape index (κ1) is 31.2. The van der Waals surface area contributed by atoms with Crippen molar-refractivity contribution in [2.75, 3.05) is 5.32 Å². The van der Waals surface area contributed by atoms with Gasteiger partial charge in [0.15, 0.2) is 0 Å². The lowest BCUT2D eigenvalue weighted by Gasteiger charge is -2.07. The minimum atomic E-state index is 0. The second-order valence-electron chi connectivity index (χ2n) is 5.17. The maximum atomic E-state index is 3.40. The Balaban J connectivity index is -0.000000776. The van der Waals surface area contributed by atoms with Crippen LogP contribution < -0.4 is 5.32 Å². The number of hydrogen-bond acceptors (Lipinski definition) is 1. The largest absolute Gasteiger partial charge is 0.356 e. The molecule has 0 bridgehead atoms. The number of nitrogens with one attached hydrogen (secondary N) is 1. The van der Waals surface area contributed by atoms with E-state index < -0.39 is 0 Å². The average molecular weight is 390 g/mol. The highest BCUT2D eigenvalue weighted by atomic mass is 14.9. The van der Waals surface area contributed by atoms with Crippen LogP contribution in [0, 0.1) is 0 Å². The van der Waals surface area contributed by atoms with Crippen LogP contribution in [0.2, 0.25) is 0 Å². The predicted molar refractivity (Wildman–Crippen MR) is 137 cm³/mol. The van der Waals surface area contributed by atoms with E-state index in [0.717, 1.165) is 24.2 Å². The quantitative estimate of drug-likeness (QED) is 0.430. The van der Waals surface area contributed by atoms with E-state index >= 15 is 0 Å². The standard InChI is InChI=1S/C20H19N.3C2H6.CH4.B/c1-3-7-17(8-4-1)11-12-18-13-15-20(16-14-18)21-19-9-5-2-6-10-19;3*1-2;;/h1-10,13-16,21H,11-12H2;3*1-2H3;1H4;. The van der Waals surface area contributed by atoms with Gasteiger partial charge in [-0.2, -0.15) is 0 Å². The van der Waals surface area contributed by atoms with Crippen molar-refractivity contribution in [3.8, 4) is 0 Å². The van der Waals surface area contributed by atoms with Crippen LogP contribution in [0.4, 0.5) is 11.4 Å². The summed E-state index contributed by atoms with van der Waals surface area (Å²) >= 11 is 0. The van der Waals surface area contributed by atoms with E-state index in [9.17, 15) is 0 Å². The molecule has 0 aromatic heterocycles. The minimum absolute atomic E-state index is 0. The van der Waals surface area contributed by atoms with Crippen molar-refractivity contribution < 1.29 is 0 Å². The summed E-state index contributed by atoms with van der Waals surface area (Å²) in [6, 6.07) is 29.6. The Morgan fingerprint density at radius 2 is 0.828 bits per heavy atom. The van der Waals surface area contributed by atoms with Crippen LogP contribution in [0.1, 0.15) is 60.1 Å². The topological polar surface area (TPSA) is 12.0 Å². The Kier molecular flexibility index (Phi) is 23.5. The molecule has 1 nitrogen and oxygen atoms in total. The molecule has 0 heterocycles. The third kappa shape index (κ3) is 13.4. The van der Waals surface area contributed by atoms with Crippen molar-refractivity contribution in [1.82, 2.24) is 0 Å². The lowest BCUT2D eigenvalue weighted by atomic mass is 10.0. The molecule has 2 heteroatoms. The summed E-state index contributed by atoms with van der Waals surface area (Å²) in [5.74, 6) is 0. The van der Waals surface area contributed by atoms with Gasteiger partial charge in [-0.05, 0) is 48.2 Å². The molecule has 0 unspecified atom stereocenters. The minimum Gasteiger partial charge on any atom is -0.356 e. The molecule has 29 heavy (non-hydrogen) atoms. The Bertz CT molecular complexity index is 664. The summed E-state index contributed by atoms with van der Waals surface area (Å²) in [7, 11) is 0. The van der Waals surface area contributed by atoms with Gasteiger partial charge in [0.2, 0.25) is 0 Å². The van der Waals surface area contributed by atoms with Gasteiger partial charge in [-0.25, -0.2) is 0 Å². The fourth-order valence-corrected chi connectivity index (χ4v) is 2.38. The molecule has 0 aliphatic rings. The monoisotopic (exact) mass is 390 g/mol. The molecule has 3 aromatic rings. The highest BCUT2D eigenvalue weighted by Gasteiger charge is 1.97. The maximum Gasteiger partial charge on any atom is 0.0384 e. The zero-order chi connectivity index (χ0) is 20.3. The van der Waals surface area contributed by atoms with Crippen molar-refractivity contribution in [3.05, 3.63) is 96.1 Å². The van der Waals surface area contributed by atoms with Crippen molar-refractivity contribution in [2.24, 2.45) is 0 Å². The van der Waals surface area contributed by atoms with Gasteiger partial charge in [-0.15, -0.1) is 0 Å². The van der Waals surface area contributed by atoms with Crippen LogP contribution in [0.25, 0.3) is 0 Å². The highest BCUT2D eigenvalue weighted by molar-refractivity contribution is 5.75. The summed E-state index contributed by atoms with van der Waals surface area (Å²) in [6.45, 7) is 12.0. The second-order valence-corrected chi connectivity index (χ2v) is 5.17. The van der Waals surface area contributed by atoms with Gasteiger partial charge < -0.3 is 5.32 Å². The molecule has 3 radical (unpaired) electrons. The fourth-order valence-electron chi connectivity index (χ4n) is 2.38. The number of aryl methyl sites for hydroxylation is 2. The SMILES string of the molecule is C.CC.CC.CC.[B].c1ccc(CCc2ccc(Nc3ccccc3)cc2)cc1. The lowest BCUT2D eigenvalue weighted by Crippen LogP contribution is -1.93. The Hall–Kier alpha value is -2.48. The molecule has 0 atom stereocenters. The Labute approximate surface area is 183 Å². The number of para-hydroxylation sites is 1. The summed E-state index contributed by atoms with van der Waals surface area (Å²) in [5, 5.41) is 3.40. The van der Waals surface area contributed by atoms with Gasteiger partial charge in [-0.3, -0.25) is 0 Å². The molecule has 0 aliphatic heterocycles. The molecular weight excluding hydrogens is 349 g/mol. The molecule has 0 saturated heterocycles. The van der Waals surface area contributed by atoms with Crippen molar-refractivity contribution >= 4 is 19.8 Å². The first-order chi connectivity index (χ1) is 13.4. The van der Waals surface area contributed by atoms with Gasteiger partial charge in [0.1, 0.15) is 0 Å². The van der Waals surface area contributed by atoms with Gasteiger partial charge in [0, 0.05) is 19.8 Å². The predicted octanol–water partition coefficient (Wildman–Crippen LogP) is 8.55.